The van der Waals surface area contributed by atoms with Crippen LogP contribution >= 0.6 is 0 Å². The summed E-state index contributed by atoms with van der Waals surface area (Å²) < 4.78 is 10.1. The summed E-state index contributed by atoms with van der Waals surface area (Å²) in [6.07, 6.45) is 0.743. The lowest BCUT2D eigenvalue weighted by Crippen LogP contribution is -2.00. The summed E-state index contributed by atoms with van der Waals surface area (Å²) in [5, 5.41) is 0. The zero-order valence-corrected chi connectivity index (χ0v) is 10.1. The van der Waals surface area contributed by atoms with Crippen LogP contribution in [0.25, 0.3) is 11.3 Å². The zero-order valence-electron chi connectivity index (χ0n) is 10.1. The minimum atomic E-state index is -0.407. The summed E-state index contributed by atoms with van der Waals surface area (Å²) in [6, 6.07) is 8.52. The summed E-state index contributed by atoms with van der Waals surface area (Å²) in [7, 11) is 1.33. The fourth-order valence-corrected chi connectivity index (χ4v) is 1.67. The normalized spacial score (nSPS) is 10.1. The summed E-state index contributed by atoms with van der Waals surface area (Å²) in [4.78, 5) is 22.2. The number of esters is 1. The monoisotopic (exact) mass is 244 g/mol. The maximum absolute atomic E-state index is 11.4. The summed E-state index contributed by atoms with van der Waals surface area (Å²) in [5.74, 6) is 0.708. The molecule has 1 aromatic heterocycles. The Morgan fingerprint density at radius 3 is 2.72 bits per heavy atom. The predicted octanol–water partition coefficient (Wildman–Crippen LogP) is 2.85. The molecule has 0 aliphatic carbocycles. The van der Waals surface area contributed by atoms with Crippen molar-refractivity contribution in [3.8, 4) is 11.3 Å². The molecule has 0 aliphatic rings. The highest BCUT2D eigenvalue weighted by Crippen LogP contribution is 2.25. The van der Waals surface area contributed by atoms with Gasteiger partial charge in [0, 0.05) is 5.56 Å². The van der Waals surface area contributed by atoms with E-state index in [4.69, 9.17) is 4.42 Å². The molecule has 0 radical (unpaired) electrons. The van der Waals surface area contributed by atoms with Crippen LogP contribution in [0.5, 0.6) is 0 Å². The second kappa shape index (κ2) is 4.87. The number of aldehydes is 1. The van der Waals surface area contributed by atoms with Crippen molar-refractivity contribution in [2.75, 3.05) is 7.11 Å². The largest absolute Gasteiger partial charge is 0.465 e. The van der Waals surface area contributed by atoms with Crippen molar-refractivity contribution < 1.29 is 18.7 Å². The summed E-state index contributed by atoms with van der Waals surface area (Å²) >= 11 is 0. The van der Waals surface area contributed by atoms with Gasteiger partial charge < -0.3 is 9.15 Å². The first-order chi connectivity index (χ1) is 8.65. The highest BCUT2D eigenvalue weighted by molar-refractivity contribution is 5.91. The van der Waals surface area contributed by atoms with Crippen LogP contribution in [-0.2, 0) is 4.74 Å². The molecule has 0 aliphatic heterocycles. The van der Waals surface area contributed by atoms with Crippen molar-refractivity contribution in [1.29, 1.82) is 0 Å². The molecule has 18 heavy (non-hydrogen) atoms. The average Bonchev–Trinajstić information content (AvgIpc) is 2.79. The van der Waals surface area contributed by atoms with Crippen LogP contribution in [-0.4, -0.2) is 19.4 Å². The molecule has 2 rings (SSSR count). The lowest BCUT2D eigenvalue weighted by Gasteiger charge is -2.01. The van der Waals surface area contributed by atoms with Crippen LogP contribution in [0.15, 0.2) is 34.7 Å². The highest BCUT2D eigenvalue weighted by atomic mass is 16.5. The fraction of sp³-hybridized carbons (Fsp3) is 0.143. The molecular formula is C14H12O4. The SMILES string of the molecule is COC(=O)c1cccc(-c2cc(C=O)c(C)o2)c1. The van der Waals surface area contributed by atoms with Gasteiger partial charge in [-0.25, -0.2) is 4.79 Å². The molecule has 1 aromatic carbocycles. The van der Waals surface area contributed by atoms with Crippen molar-refractivity contribution in [1.82, 2.24) is 0 Å². The maximum atomic E-state index is 11.4. The van der Waals surface area contributed by atoms with Gasteiger partial charge in [-0.15, -0.1) is 0 Å². The van der Waals surface area contributed by atoms with Crippen molar-refractivity contribution in [3.63, 3.8) is 0 Å². The number of carbonyl (C=O) groups excluding carboxylic acids is 2. The Bertz CT molecular complexity index is 596. The minimum Gasteiger partial charge on any atom is -0.465 e. The number of carbonyl (C=O) groups is 2. The Morgan fingerprint density at radius 2 is 2.11 bits per heavy atom. The van der Waals surface area contributed by atoms with Gasteiger partial charge >= 0.3 is 5.97 Å². The minimum absolute atomic E-state index is 0.407. The first kappa shape index (κ1) is 12.1. The Hall–Kier alpha value is -2.36. The van der Waals surface area contributed by atoms with Crippen LogP contribution in [0.4, 0.5) is 0 Å². The number of hydrogen-bond acceptors (Lipinski definition) is 4. The standard InChI is InChI=1S/C14H12O4/c1-9-12(8-15)7-13(18-9)10-4-3-5-11(6-10)14(16)17-2/h3-8H,1-2H3. The topological polar surface area (TPSA) is 56.5 Å². The van der Waals surface area contributed by atoms with Gasteiger partial charge in [0.2, 0.25) is 0 Å². The van der Waals surface area contributed by atoms with Gasteiger partial charge in [-0.1, -0.05) is 12.1 Å². The first-order valence-electron chi connectivity index (χ1n) is 5.40. The van der Waals surface area contributed by atoms with Gasteiger partial charge in [-0.3, -0.25) is 4.79 Å². The van der Waals surface area contributed by atoms with E-state index in [0.717, 1.165) is 11.8 Å². The number of hydrogen-bond donors (Lipinski definition) is 0. The van der Waals surface area contributed by atoms with Crippen LogP contribution < -0.4 is 0 Å². The third-order valence-electron chi connectivity index (χ3n) is 2.65. The molecule has 4 heteroatoms. The molecule has 0 fully saturated rings. The summed E-state index contributed by atoms with van der Waals surface area (Å²) in [6.45, 7) is 1.72. The zero-order chi connectivity index (χ0) is 13.1. The van der Waals surface area contributed by atoms with Gasteiger partial charge in [-0.05, 0) is 25.1 Å². The quantitative estimate of drug-likeness (QED) is 0.615. The van der Waals surface area contributed by atoms with Crippen LogP contribution in [0.1, 0.15) is 26.5 Å². The van der Waals surface area contributed by atoms with Crippen LogP contribution in [0.3, 0.4) is 0 Å². The Balaban J connectivity index is 2.44. The Kier molecular flexibility index (Phi) is 3.28. The smallest absolute Gasteiger partial charge is 0.337 e. The molecule has 4 nitrogen and oxygen atoms in total. The van der Waals surface area contributed by atoms with E-state index < -0.39 is 5.97 Å². The van der Waals surface area contributed by atoms with E-state index in [1.54, 1.807) is 37.3 Å². The number of benzene rings is 1. The van der Waals surface area contributed by atoms with E-state index in [9.17, 15) is 9.59 Å². The third-order valence-corrected chi connectivity index (χ3v) is 2.65. The molecule has 1 heterocycles. The summed E-state index contributed by atoms with van der Waals surface area (Å²) in [5.41, 5.74) is 1.68. The predicted molar refractivity (Wildman–Crippen MR) is 65.6 cm³/mol. The molecule has 0 spiro atoms. The average molecular weight is 244 g/mol. The molecule has 92 valence electrons. The molecule has 0 saturated carbocycles. The Morgan fingerprint density at radius 1 is 1.33 bits per heavy atom. The highest BCUT2D eigenvalue weighted by Gasteiger charge is 2.11. The van der Waals surface area contributed by atoms with Gasteiger partial charge in [0.25, 0.3) is 0 Å². The van der Waals surface area contributed by atoms with Gasteiger partial charge in [0.15, 0.2) is 6.29 Å². The second-order valence-electron chi connectivity index (χ2n) is 3.81. The van der Waals surface area contributed by atoms with E-state index in [1.165, 1.54) is 7.11 Å². The van der Waals surface area contributed by atoms with Gasteiger partial charge in [-0.2, -0.15) is 0 Å². The van der Waals surface area contributed by atoms with E-state index in [2.05, 4.69) is 4.74 Å². The first-order valence-corrected chi connectivity index (χ1v) is 5.40. The van der Waals surface area contributed by atoms with Gasteiger partial charge in [0.05, 0.1) is 18.2 Å². The molecule has 0 N–H and O–H groups in total. The molecule has 0 amide bonds. The number of aryl methyl sites for hydroxylation is 1. The van der Waals surface area contributed by atoms with E-state index in [-0.39, 0.29) is 0 Å². The van der Waals surface area contributed by atoms with Crippen molar-refractivity contribution in [2.24, 2.45) is 0 Å². The number of rotatable bonds is 3. The van der Waals surface area contributed by atoms with E-state index in [1.807, 2.05) is 0 Å². The van der Waals surface area contributed by atoms with E-state index >= 15 is 0 Å². The lowest BCUT2D eigenvalue weighted by atomic mass is 10.1. The molecule has 0 unspecified atom stereocenters. The molecule has 0 atom stereocenters. The number of methoxy groups -OCH3 is 1. The second-order valence-corrected chi connectivity index (χ2v) is 3.81. The van der Waals surface area contributed by atoms with Gasteiger partial charge in [0.1, 0.15) is 11.5 Å². The van der Waals surface area contributed by atoms with Crippen LogP contribution in [0, 0.1) is 6.92 Å². The molecule has 0 saturated heterocycles. The maximum Gasteiger partial charge on any atom is 0.337 e. The molecule has 0 bridgehead atoms. The van der Waals surface area contributed by atoms with Crippen molar-refractivity contribution in [2.45, 2.75) is 6.92 Å². The third kappa shape index (κ3) is 2.18. The molecular weight excluding hydrogens is 232 g/mol. The van der Waals surface area contributed by atoms with Crippen molar-refractivity contribution >= 4 is 12.3 Å². The lowest BCUT2D eigenvalue weighted by molar-refractivity contribution is 0.0600. The number of furan rings is 1. The molecule has 2 aromatic rings. The number of ether oxygens (including phenoxy) is 1. The fourth-order valence-electron chi connectivity index (χ4n) is 1.67. The van der Waals surface area contributed by atoms with E-state index in [0.29, 0.717) is 22.6 Å². The van der Waals surface area contributed by atoms with Crippen molar-refractivity contribution in [3.05, 3.63) is 47.2 Å². The Labute approximate surface area is 104 Å². The van der Waals surface area contributed by atoms with Crippen LogP contribution in [0.2, 0.25) is 0 Å².